The summed E-state index contributed by atoms with van der Waals surface area (Å²) < 4.78 is 21.6. The number of carbonyl (C=O) groups excluding carboxylic acids is 1. The number of rotatable bonds is 21. The average molecular weight is 417 g/mol. The molecule has 170 valence electrons. The van der Waals surface area contributed by atoms with E-state index in [1.54, 1.807) is 6.21 Å². The van der Waals surface area contributed by atoms with Crippen molar-refractivity contribution in [1.82, 2.24) is 5.32 Å². The molecule has 0 aromatic carbocycles. The zero-order chi connectivity index (χ0) is 21.4. The molecule has 0 unspecified atom stereocenters. The van der Waals surface area contributed by atoms with Crippen LogP contribution in [-0.4, -0.2) is 83.8 Å². The van der Waals surface area contributed by atoms with Gasteiger partial charge >= 0.3 is 0 Å². The zero-order valence-electron chi connectivity index (χ0n) is 18.2. The lowest BCUT2D eigenvalue weighted by Gasteiger charge is -2.07. The molecular formula is C20H40N4O5. The van der Waals surface area contributed by atoms with Gasteiger partial charge in [-0.1, -0.05) is 26.7 Å². The molecule has 0 rings (SSSR count). The standard InChI is InChI=1S/C20H40N4O5/c1-3-5-6-7-19(24-21)18-22-8-10-26-12-14-28-16-17-29-15-13-27-11-9-23-20(25)4-2/h18H,3-17,21H2,1-2H3,(H,23,25)/b22-18?,24-19-. The van der Waals surface area contributed by atoms with Gasteiger partial charge in [0.05, 0.1) is 65.1 Å². The van der Waals surface area contributed by atoms with Gasteiger partial charge in [0.1, 0.15) is 0 Å². The lowest BCUT2D eigenvalue weighted by atomic mass is 10.1. The number of hydrogen-bond acceptors (Lipinski definition) is 8. The van der Waals surface area contributed by atoms with Crippen LogP contribution in [0.4, 0.5) is 0 Å². The van der Waals surface area contributed by atoms with Crippen molar-refractivity contribution in [3.63, 3.8) is 0 Å². The third-order valence-corrected chi connectivity index (χ3v) is 3.81. The van der Waals surface area contributed by atoms with Crippen LogP contribution in [0.2, 0.25) is 0 Å². The summed E-state index contributed by atoms with van der Waals surface area (Å²) in [4.78, 5) is 15.3. The summed E-state index contributed by atoms with van der Waals surface area (Å²) in [6, 6.07) is 0. The minimum absolute atomic E-state index is 0.0340. The Labute approximate surface area is 175 Å². The lowest BCUT2D eigenvalue weighted by molar-refractivity contribution is -0.121. The van der Waals surface area contributed by atoms with Gasteiger partial charge in [0.2, 0.25) is 5.91 Å². The van der Waals surface area contributed by atoms with Gasteiger partial charge < -0.3 is 30.1 Å². The van der Waals surface area contributed by atoms with Crippen molar-refractivity contribution in [2.24, 2.45) is 15.9 Å². The maximum Gasteiger partial charge on any atom is 0.219 e. The Morgan fingerprint density at radius 2 is 1.48 bits per heavy atom. The number of nitrogens with one attached hydrogen (secondary N) is 1. The van der Waals surface area contributed by atoms with Gasteiger partial charge in [-0.15, -0.1) is 0 Å². The number of amides is 1. The molecule has 0 saturated carbocycles. The normalized spacial score (nSPS) is 12.0. The topological polar surface area (TPSA) is 117 Å². The zero-order valence-corrected chi connectivity index (χ0v) is 18.2. The number of nitrogens with two attached hydrogens (primary N) is 1. The van der Waals surface area contributed by atoms with Gasteiger partial charge in [0.15, 0.2) is 0 Å². The summed E-state index contributed by atoms with van der Waals surface area (Å²) in [5.41, 5.74) is 0.829. The van der Waals surface area contributed by atoms with Crippen molar-refractivity contribution in [3.8, 4) is 0 Å². The van der Waals surface area contributed by atoms with Gasteiger partial charge in [0.25, 0.3) is 0 Å². The van der Waals surface area contributed by atoms with Gasteiger partial charge in [-0.3, -0.25) is 9.79 Å². The summed E-state index contributed by atoms with van der Waals surface area (Å²) in [6.45, 7) is 9.21. The highest BCUT2D eigenvalue weighted by Crippen LogP contribution is 1.99. The molecule has 0 saturated heterocycles. The molecule has 0 aliphatic heterocycles. The summed E-state index contributed by atoms with van der Waals surface area (Å²) in [7, 11) is 0. The van der Waals surface area contributed by atoms with Crippen LogP contribution in [0.25, 0.3) is 0 Å². The summed E-state index contributed by atoms with van der Waals surface area (Å²) >= 11 is 0. The quantitative estimate of drug-likeness (QED) is 0.127. The molecule has 9 nitrogen and oxygen atoms in total. The largest absolute Gasteiger partial charge is 0.377 e. The van der Waals surface area contributed by atoms with Gasteiger partial charge in [0, 0.05) is 19.2 Å². The highest BCUT2D eigenvalue weighted by atomic mass is 16.6. The van der Waals surface area contributed by atoms with E-state index >= 15 is 0 Å². The van der Waals surface area contributed by atoms with E-state index in [2.05, 4.69) is 22.3 Å². The van der Waals surface area contributed by atoms with E-state index in [9.17, 15) is 4.79 Å². The molecule has 3 N–H and O–H groups in total. The fourth-order valence-corrected chi connectivity index (χ4v) is 2.16. The Morgan fingerprint density at radius 3 is 2.03 bits per heavy atom. The Balaban J connectivity index is 3.27. The van der Waals surface area contributed by atoms with Crippen LogP contribution in [0.15, 0.2) is 10.1 Å². The van der Waals surface area contributed by atoms with Crippen LogP contribution >= 0.6 is 0 Å². The molecule has 0 bridgehead atoms. The van der Waals surface area contributed by atoms with Crippen LogP contribution in [0.1, 0.15) is 46.0 Å². The van der Waals surface area contributed by atoms with E-state index in [4.69, 9.17) is 24.8 Å². The highest BCUT2D eigenvalue weighted by molar-refractivity contribution is 6.30. The van der Waals surface area contributed by atoms with E-state index in [-0.39, 0.29) is 5.91 Å². The molecule has 0 radical (unpaired) electrons. The van der Waals surface area contributed by atoms with E-state index in [1.807, 2.05) is 6.92 Å². The van der Waals surface area contributed by atoms with Crippen LogP contribution in [0, 0.1) is 0 Å². The maximum absolute atomic E-state index is 11.0. The highest BCUT2D eigenvalue weighted by Gasteiger charge is 1.97. The van der Waals surface area contributed by atoms with Crippen LogP contribution < -0.4 is 11.2 Å². The molecule has 0 heterocycles. The third-order valence-electron chi connectivity index (χ3n) is 3.81. The van der Waals surface area contributed by atoms with Crippen molar-refractivity contribution in [2.45, 2.75) is 46.0 Å². The molecular weight excluding hydrogens is 376 g/mol. The first-order valence-electron chi connectivity index (χ1n) is 10.6. The number of hydrogen-bond donors (Lipinski definition) is 2. The number of carbonyl (C=O) groups is 1. The fraction of sp³-hybridized carbons (Fsp3) is 0.850. The summed E-state index contributed by atoms with van der Waals surface area (Å²) in [5, 5.41) is 6.49. The van der Waals surface area contributed by atoms with Gasteiger partial charge in [-0.25, -0.2) is 0 Å². The minimum atomic E-state index is 0.0340. The predicted octanol–water partition coefficient (Wildman–Crippen LogP) is 1.54. The second-order valence-electron chi connectivity index (χ2n) is 6.27. The Hall–Kier alpha value is -1.55. The van der Waals surface area contributed by atoms with Crippen molar-refractivity contribution in [1.29, 1.82) is 0 Å². The molecule has 0 spiro atoms. The molecule has 0 aliphatic carbocycles. The minimum Gasteiger partial charge on any atom is -0.377 e. The molecule has 0 aromatic rings. The monoisotopic (exact) mass is 416 g/mol. The van der Waals surface area contributed by atoms with Crippen molar-refractivity contribution in [2.75, 3.05) is 65.9 Å². The van der Waals surface area contributed by atoms with Gasteiger partial charge in [-0.2, -0.15) is 5.10 Å². The van der Waals surface area contributed by atoms with Gasteiger partial charge in [-0.05, 0) is 12.8 Å². The number of aliphatic imine (C=N–C) groups is 1. The molecule has 0 fully saturated rings. The SMILES string of the molecule is CCCCC/C(C=NCCOCCOCCOCCOCCNC(=O)CC)=N/N. The fourth-order valence-electron chi connectivity index (χ4n) is 2.16. The van der Waals surface area contributed by atoms with E-state index in [0.29, 0.717) is 72.4 Å². The van der Waals surface area contributed by atoms with Crippen LogP contribution in [-0.2, 0) is 23.7 Å². The number of hydrazone groups is 1. The molecule has 0 aliphatic rings. The second kappa shape index (κ2) is 22.7. The average Bonchev–Trinajstić information content (AvgIpc) is 2.74. The first kappa shape index (κ1) is 27.5. The summed E-state index contributed by atoms with van der Waals surface area (Å²) in [5.74, 6) is 5.39. The summed E-state index contributed by atoms with van der Waals surface area (Å²) in [6.07, 6.45) is 6.53. The molecule has 0 atom stereocenters. The number of ether oxygens (including phenoxy) is 4. The predicted molar refractivity (Wildman–Crippen MR) is 116 cm³/mol. The van der Waals surface area contributed by atoms with E-state index < -0.39 is 0 Å². The third kappa shape index (κ3) is 21.0. The first-order valence-corrected chi connectivity index (χ1v) is 10.6. The van der Waals surface area contributed by atoms with Crippen LogP contribution in [0.5, 0.6) is 0 Å². The van der Waals surface area contributed by atoms with E-state index in [1.165, 1.54) is 12.8 Å². The van der Waals surface area contributed by atoms with Crippen LogP contribution in [0.3, 0.4) is 0 Å². The molecule has 9 heteroatoms. The van der Waals surface area contributed by atoms with E-state index in [0.717, 1.165) is 18.6 Å². The Bertz CT molecular complexity index is 433. The maximum atomic E-state index is 11.0. The Morgan fingerprint density at radius 1 is 0.897 bits per heavy atom. The van der Waals surface area contributed by atoms with Crippen molar-refractivity contribution in [3.05, 3.63) is 0 Å². The Kier molecular flexibility index (Phi) is 21.5. The molecule has 29 heavy (non-hydrogen) atoms. The number of nitrogens with zero attached hydrogens (tertiary/aromatic N) is 2. The second-order valence-corrected chi connectivity index (χ2v) is 6.27. The first-order chi connectivity index (χ1) is 14.2. The molecule has 0 aromatic heterocycles. The lowest BCUT2D eigenvalue weighted by Crippen LogP contribution is -2.26. The molecule has 1 amide bonds. The van der Waals surface area contributed by atoms with Crippen molar-refractivity contribution >= 4 is 17.8 Å². The number of unbranched alkanes of at least 4 members (excludes halogenated alkanes) is 2. The smallest absolute Gasteiger partial charge is 0.219 e. The van der Waals surface area contributed by atoms with Crippen molar-refractivity contribution < 1.29 is 23.7 Å².